The van der Waals surface area contributed by atoms with Crippen molar-refractivity contribution in [2.24, 2.45) is 0 Å². The van der Waals surface area contributed by atoms with E-state index >= 15 is 0 Å². The van der Waals surface area contributed by atoms with E-state index in [0.29, 0.717) is 37.3 Å². The molecule has 1 aromatic carbocycles. The van der Waals surface area contributed by atoms with Crippen molar-refractivity contribution in [1.29, 1.82) is 0 Å². The summed E-state index contributed by atoms with van der Waals surface area (Å²) in [5.41, 5.74) is 1.70. The lowest BCUT2D eigenvalue weighted by Gasteiger charge is -2.36. The van der Waals surface area contributed by atoms with Crippen molar-refractivity contribution >= 4 is 34.4 Å². The number of anilines is 1. The lowest BCUT2D eigenvalue weighted by Crippen LogP contribution is -2.54. The second kappa shape index (κ2) is 6.66. The zero-order valence-electron chi connectivity index (χ0n) is 12.0. The lowest BCUT2D eigenvalue weighted by atomic mass is 9.91. The Kier molecular flexibility index (Phi) is 4.63. The molecule has 0 atom stereocenters. The number of fused-ring (bicyclic) bond motifs is 1. The highest BCUT2D eigenvalue weighted by Crippen LogP contribution is 2.22. The first-order valence-corrected chi connectivity index (χ1v) is 7.90. The van der Waals surface area contributed by atoms with Gasteiger partial charge in [-0.1, -0.05) is 6.07 Å². The quantitative estimate of drug-likeness (QED) is 0.752. The van der Waals surface area contributed by atoms with Crippen LogP contribution in [-0.4, -0.2) is 51.7 Å². The zero-order chi connectivity index (χ0) is 15.4. The topological polar surface area (TPSA) is 96.4 Å². The van der Waals surface area contributed by atoms with Crippen LogP contribution in [0.25, 0.3) is 11.0 Å². The zero-order valence-corrected chi connectivity index (χ0v) is 12.9. The van der Waals surface area contributed by atoms with Crippen LogP contribution < -0.4 is 10.6 Å². The fraction of sp³-hybridized carbons (Fsp3) is 0.500. The standard InChI is InChI=1S/C14H18N4O3S/c19-9-14(4-6-21-7-5-14)15-8-12(20)16-10-2-1-3-11-13(10)18-22-17-11/h1-3,15,19H,4-9H2,(H,16,20). The molecular formula is C14H18N4O3S. The minimum atomic E-state index is -0.427. The second-order valence-electron chi connectivity index (χ2n) is 5.39. The number of nitrogens with one attached hydrogen (secondary N) is 2. The van der Waals surface area contributed by atoms with Gasteiger partial charge >= 0.3 is 0 Å². The molecule has 2 aromatic rings. The van der Waals surface area contributed by atoms with Gasteiger partial charge in [-0.25, -0.2) is 0 Å². The number of aliphatic hydroxyl groups excluding tert-OH is 1. The highest BCUT2D eigenvalue weighted by atomic mass is 32.1. The highest BCUT2D eigenvalue weighted by molar-refractivity contribution is 7.00. The van der Waals surface area contributed by atoms with Crippen molar-refractivity contribution in [3.8, 4) is 0 Å². The van der Waals surface area contributed by atoms with Crippen LogP contribution >= 0.6 is 11.7 Å². The van der Waals surface area contributed by atoms with E-state index in [1.54, 1.807) is 6.07 Å². The summed E-state index contributed by atoms with van der Waals surface area (Å²) in [5.74, 6) is -0.167. The maximum Gasteiger partial charge on any atom is 0.238 e. The molecule has 0 aliphatic carbocycles. The van der Waals surface area contributed by atoms with Gasteiger partial charge in [0.2, 0.25) is 5.91 Å². The van der Waals surface area contributed by atoms with Gasteiger partial charge in [-0.15, -0.1) is 0 Å². The monoisotopic (exact) mass is 322 g/mol. The normalized spacial score (nSPS) is 17.5. The van der Waals surface area contributed by atoms with Crippen LogP contribution in [0.4, 0.5) is 5.69 Å². The third kappa shape index (κ3) is 3.25. The molecule has 0 radical (unpaired) electrons. The maximum atomic E-state index is 12.1. The smallest absolute Gasteiger partial charge is 0.238 e. The Morgan fingerprint density at radius 2 is 2.18 bits per heavy atom. The summed E-state index contributed by atoms with van der Waals surface area (Å²) in [6.07, 6.45) is 1.39. The number of rotatable bonds is 5. The third-order valence-electron chi connectivity index (χ3n) is 3.94. The van der Waals surface area contributed by atoms with Crippen LogP contribution in [-0.2, 0) is 9.53 Å². The molecule has 118 valence electrons. The van der Waals surface area contributed by atoms with Crippen LogP contribution in [0, 0.1) is 0 Å². The summed E-state index contributed by atoms with van der Waals surface area (Å²) in [4.78, 5) is 12.1. The van der Waals surface area contributed by atoms with Crippen molar-refractivity contribution < 1.29 is 14.6 Å². The van der Waals surface area contributed by atoms with Crippen molar-refractivity contribution in [2.75, 3.05) is 31.7 Å². The Balaban J connectivity index is 1.61. The number of ether oxygens (including phenoxy) is 1. The molecule has 1 aliphatic rings. The van der Waals surface area contributed by atoms with Crippen molar-refractivity contribution in [3.05, 3.63) is 18.2 Å². The first-order chi connectivity index (χ1) is 10.7. The number of aromatic nitrogens is 2. The molecule has 2 heterocycles. The summed E-state index contributed by atoms with van der Waals surface area (Å²) >= 11 is 1.12. The minimum Gasteiger partial charge on any atom is -0.394 e. The molecule has 0 bridgehead atoms. The minimum absolute atomic E-state index is 0.00473. The Morgan fingerprint density at radius 1 is 1.36 bits per heavy atom. The van der Waals surface area contributed by atoms with Gasteiger partial charge in [-0.3, -0.25) is 4.79 Å². The molecule has 3 N–H and O–H groups in total. The van der Waals surface area contributed by atoms with E-state index in [-0.39, 0.29) is 19.1 Å². The molecule has 0 unspecified atom stereocenters. The number of carbonyl (C=O) groups excluding carboxylic acids is 1. The largest absolute Gasteiger partial charge is 0.394 e. The molecule has 22 heavy (non-hydrogen) atoms. The first-order valence-electron chi connectivity index (χ1n) is 7.17. The Morgan fingerprint density at radius 3 is 2.95 bits per heavy atom. The predicted octanol–water partition coefficient (Wildman–Crippen LogP) is 0.761. The Hall–Kier alpha value is -1.61. The molecule has 1 amide bonds. The SMILES string of the molecule is O=C(CNC1(CO)CCOCC1)Nc1cccc2nsnc12. The second-order valence-corrected chi connectivity index (χ2v) is 5.92. The number of amides is 1. The number of hydrogen-bond donors (Lipinski definition) is 3. The maximum absolute atomic E-state index is 12.1. The van der Waals surface area contributed by atoms with E-state index in [1.165, 1.54) is 0 Å². The van der Waals surface area contributed by atoms with Crippen LogP contribution in [0.5, 0.6) is 0 Å². The van der Waals surface area contributed by atoms with Crippen molar-refractivity contribution in [1.82, 2.24) is 14.1 Å². The fourth-order valence-corrected chi connectivity index (χ4v) is 3.07. The van der Waals surface area contributed by atoms with Gasteiger partial charge in [0.05, 0.1) is 30.6 Å². The van der Waals surface area contributed by atoms with Gasteiger partial charge < -0.3 is 20.5 Å². The van der Waals surface area contributed by atoms with E-state index in [2.05, 4.69) is 19.4 Å². The average Bonchev–Trinajstić information content (AvgIpc) is 3.04. The Labute approximate surface area is 132 Å². The third-order valence-corrected chi connectivity index (χ3v) is 4.48. The van der Waals surface area contributed by atoms with Crippen LogP contribution in [0.2, 0.25) is 0 Å². The number of benzene rings is 1. The molecule has 1 saturated heterocycles. The molecule has 8 heteroatoms. The molecule has 7 nitrogen and oxygen atoms in total. The molecular weight excluding hydrogens is 304 g/mol. The van der Waals surface area contributed by atoms with Gasteiger partial charge in [0.1, 0.15) is 11.0 Å². The lowest BCUT2D eigenvalue weighted by molar-refractivity contribution is -0.116. The summed E-state index contributed by atoms with van der Waals surface area (Å²) < 4.78 is 13.6. The van der Waals surface area contributed by atoms with Crippen LogP contribution in [0.15, 0.2) is 18.2 Å². The van der Waals surface area contributed by atoms with Crippen molar-refractivity contribution in [2.45, 2.75) is 18.4 Å². The van der Waals surface area contributed by atoms with Crippen LogP contribution in [0.1, 0.15) is 12.8 Å². The molecule has 0 saturated carbocycles. The van der Waals surface area contributed by atoms with Gasteiger partial charge in [0, 0.05) is 18.8 Å². The van der Waals surface area contributed by atoms with Gasteiger partial charge in [0.15, 0.2) is 0 Å². The highest BCUT2D eigenvalue weighted by Gasteiger charge is 2.31. The van der Waals surface area contributed by atoms with E-state index in [0.717, 1.165) is 17.2 Å². The van der Waals surface area contributed by atoms with E-state index in [9.17, 15) is 9.90 Å². The number of nitrogens with zero attached hydrogens (tertiary/aromatic N) is 2. The van der Waals surface area contributed by atoms with Gasteiger partial charge in [0.25, 0.3) is 0 Å². The molecule has 3 rings (SSSR count). The molecule has 1 aliphatic heterocycles. The molecule has 0 spiro atoms. The van der Waals surface area contributed by atoms with Gasteiger partial charge in [-0.05, 0) is 25.0 Å². The van der Waals surface area contributed by atoms with E-state index < -0.39 is 5.54 Å². The van der Waals surface area contributed by atoms with Crippen molar-refractivity contribution in [3.63, 3.8) is 0 Å². The number of aliphatic hydroxyl groups is 1. The summed E-state index contributed by atoms with van der Waals surface area (Å²) in [6, 6.07) is 5.49. The van der Waals surface area contributed by atoms with Crippen LogP contribution in [0.3, 0.4) is 0 Å². The fourth-order valence-electron chi connectivity index (χ4n) is 2.52. The average molecular weight is 322 g/mol. The van der Waals surface area contributed by atoms with E-state index in [1.807, 2.05) is 12.1 Å². The summed E-state index contributed by atoms with van der Waals surface area (Å²) in [5, 5.41) is 15.6. The Bertz CT molecular complexity index is 654. The molecule has 1 fully saturated rings. The predicted molar refractivity (Wildman–Crippen MR) is 83.9 cm³/mol. The van der Waals surface area contributed by atoms with E-state index in [4.69, 9.17) is 4.74 Å². The molecule has 1 aromatic heterocycles. The number of hydrogen-bond acceptors (Lipinski definition) is 7. The summed E-state index contributed by atoms with van der Waals surface area (Å²) in [7, 11) is 0. The van der Waals surface area contributed by atoms with Gasteiger partial charge in [-0.2, -0.15) is 8.75 Å². The summed E-state index contributed by atoms with van der Waals surface area (Å²) in [6.45, 7) is 1.32. The number of carbonyl (C=O) groups is 1. The first kappa shape index (κ1) is 15.3.